The third kappa shape index (κ3) is 7.09. The molecule has 4 nitrogen and oxygen atoms in total. The van der Waals surface area contributed by atoms with Gasteiger partial charge in [0.1, 0.15) is 0 Å². The Labute approximate surface area is 180 Å². The minimum atomic E-state index is -10.0. The summed E-state index contributed by atoms with van der Waals surface area (Å²) in [5.74, 6) is -16.9. The van der Waals surface area contributed by atoms with E-state index in [2.05, 4.69) is 0 Å². The van der Waals surface area contributed by atoms with E-state index < -0.39 is 63.7 Å². The first kappa shape index (κ1) is 34.5. The van der Waals surface area contributed by atoms with Crippen LogP contribution in [-0.2, 0) is 18.0 Å². The summed E-state index contributed by atoms with van der Waals surface area (Å²) in [6.45, 7) is 0. The molecule has 0 saturated carbocycles. The van der Waals surface area contributed by atoms with E-state index in [1.165, 1.54) is 13.3 Å². The van der Waals surface area contributed by atoms with Crippen LogP contribution in [0, 0.1) is 0 Å². The molecule has 36 heavy (non-hydrogen) atoms. The Morgan fingerprint density at radius 3 is 0.833 bits per heavy atom. The summed E-state index contributed by atoms with van der Waals surface area (Å²) >= 11 is 0. The Morgan fingerprint density at radius 2 is 0.639 bits per heavy atom. The van der Waals surface area contributed by atoms with Gasteiger partial charge in [0.2, 0.25) is 0 Å². The Kier molecular flexibility index (Phi) is 8.69. The van der Waals surface area contributed by atoms with Gasteiger partial charge in [-0.3, -0.25) is 18.0 Å². The molecule has 0 rings (SSSR count). The van der Waals surface area contributed by atoms with Crippen molar-refractivity contribution in [1.82, 2.24) is 0 Å². The van der Waals surface area contributed by atoms with Crippen LogP contribution < -0.4 is 0 Å². The Bertz CT molecular complexity index is 701. The van der Waals surface area contributed by atoms with Crippen LogP contribution in [-0.4, -0.2) is 63.7 Å². The summed E-state index contributed by atoms with van der Waals surface area (Å²) in [5, 5.41) is 0. The van der Waals surface area contributed by atoms with Crippen molar-refractivity contribution in [2.45, 2.75) is 54.9 Å². The van der Waals surface area contributed by atoms with Crippen molar-refractivity contribution in [3.8, 4) is 0 Å². The van der Waals surface area contributed by atoms with Crippen LogP contribution in [0.2, 0.25) is 0 Å². The predicted molar refractivity (Wildman–Crippen MR) is 59.0 cm³/mol. The molecular formula is C9F22O4Si. The molecule has 0 aliphatic heterocycles. The van der Waals surface area contributed by atoms with E-state index in [4.69, 9.17) is 0 Å². The minimum absolute atomic E-state index is 1.02. The highest BCUT2D eigenvalue weighted by molar-refractivity contribution is 6.64. The third-order valence-corrected chi connectivity index (χ3v) is 5.48. The molecule has 0 N–H and O–H groups in total. The summed E-state index contributed by atoms with van der Waals surface area (Å²) in [6, 6.07) is 0. The van der Waals surface area contributed by atoms with Crippen LogP contribution in [0.5, 0.6) is 0 Å². The molecule has 0 fully saturated rings. The van der Waals surface area contributed by atoms with Crippen LogP contribution in [0.4, 0.5) is 96.6 Å². The van der Waals surface area contributed by atoms with Crippen molar-refractivity contribution in [3.63, 3.8) is 0 Å². The Balaban J connectivity index is 7.28. The quantitative estimate of drug-likeness (QED) is 0.223. The minimum Gasteiger partial charge on any atom is -0.280 e. The lowest BCUT2D eigenvalue weighted by molar-refractivity contribution is -0.513. The van der Waals surface area contributed by atoms with E-state index in [0.29, 0.717) is 0 Å². The lowest BCUT2D eigenvalue weighted by atomic mass is 10.2. The van der Waals surface area contributed by atoms with E-state index >= 15 is 0 Å². The van der Waals surface area contributed by atoms with Gasteiger partial charge in [0.25, 0.3) is 0 Å². The van der Waals surface area contributed by atoms with E-state index in [-0.39, 0.29) is 0 Å². The molecule has 0 heterocycles. The summed E-state index contributed by atoms with van der Waals surface area (Å²) in [7, 11) is -10.0. The lowest BCUT2D eigenvalue weighted by Crippen LogP contribution is -2.76. The first-order valence-corrected chi connectivity index (χ1v) is 8.77. The van der Waals surface area contributed by atoms with E-state index in [0.717, 1.165) is 4.74 Å². The predicted octanol–water partition coefficient (Wildman–Crippen LogP) is 6.74. The molecule has 0 unspecified atom stereocenters. The number of ether oxygens (including phenoxy) is 1. The highest BCUT2D eigenvalue weighted by atomic mass is 28.4. The number of halogens is 22. The molecule has 0 amide bonds. The average Bonchev–Trinajstić information content (AvgIpc) is 2.46. The summed E-state index contributed by atoms with van der Waals surface area (Å²) in [4.78, 5) is 0. The van der Waals surface area contributed by atoms with Crippen LogP contribution >= 0.6 is 0 Å². The fourth-order valence-corrected chi connectivity index (χ4v) is 3.56. The molecule has 0 bridgehead atoms. The number of hydrogen-bond acceptors (Lipinski definition) is 4. The fourth-order valence-electron chi connectivity index (χ4n) is 1.60. The molecule has 218 valence electrons. The summed E-state index contributed by atoms with van der Waals surface area (Å²) < 4.78 is 284. The average molecular weight is 618 g/mol. The number of alkyl halides is 22. The first-order chi connectivity index (χ1) is 15.1. The van der Waals surface area contributed by atoms with Crippen LogP contribution in [0.3, 0.4) is 0 Å². The zero-order valence-corrected chi connectivity index (χ0v) is 15.9. The van der Waals surface area contributed by atoms with Gasteiger partial charge in [-0.25, -0.2) is 0 Å². The number of hydrogen-bond donors (Lipinski definition) is 0. The van der Waals surface area contributed by atoms with Crippen molar-refractivity contribution in [2.75, 3.05) is 0 Å². The van der Waals surface area contributed by atoms with Gasteiger partial charge in [-0.15, -0.1) is 39.5 Å². The summed E-state index contributed by atoms with van der Waals surface area (Å²) in [5.41, 5.74) is -8.66. The first-order valence-electron chi connectivity index (χ1n) is 7.04. The molecule has 0 aromatic carbocycles. The molecule has 0 atom stereocenters. The zero-order valence-electron chi connectivity index (χ0n) is 14.9. The van der Waals surface area contributed by atoms with Crippen molar-refractivity contribution < 1.29 is 115 Å². The lowest BCUT2D eigenvalue weighted by Gasteiger charge is -2.42. The summed E-state index contributed by atoms with van der Waals surface area (Å²) in [6.07, 6.45) is -46.8. The van der Waals surface area contributed by atoms with Crippen molar-refractivity contribution in [3.05, 3.63) is 0 Å². The topological polar surface area (TPSA) is 36.9 Å². The maximum absolute atomic E-state index is 14.0. The van der Waals surface area contributed by atoms with Crippen molar-refractivity contribution in [2.24, 2.45) is 0 Å². The fraction of sp³-hybridized carbons (Fsp3) is 1.00. The second-order valence-electron chi connectivity index (χ2n) is 5.56. The van der Waals surface area contributed by atoms with Crippen LogP contribution in [0.25, 0.3) is 0 Å². The van der Waals surface area contributed by atoms with Gasteiger partial charge >= 0.3 is 63.7 Å². The molecule has 0 radical (unpaired) electrons. The molecule has 0 aromatic heterocycles. The molecule has 0 aliphatic rings. The maximum Gasteiger partial charge on any atom is 0.601 e. The smallest absolute Gasteiger partial charge is 0.280 e. The second-order valence-corrected chi connectivity index (χ2v) is 7.91. The standard InChI is InChI=1S/C9F22O4Si/c10-1(11,5(19,20)32-2(12,3(13,14)15)4(16,17)18)6(21,22)36(33-7(23,24)25,34-8(26,27)28)35-9(29,30)31. The molecule has 0 aliphatic carbocycles. The van der Waals surface area contributed by atoms with Gasteiger partial charge in [0, 0.05) is 0 Å². The van der Waals surface area contributed by atoms with E-state index in [1.807, 2.05) is 0 Å². The van der Waals surface area contributed by atoms with Gasteiger partial charge in [-0.2, -0.15) is 57.1 Å². The van der Waals surface area contributed by atoms with Gasteiger partial charge in [-0.1, -0.05) is 0 Å². The third-order valence-electron chi connectivity index (χ3n) is 2.89. The van der Waals surface area contributed by atoms with Gasteiger partial charge in [0.15, 0.2) is 0 Å². The zero-order chi connectivity index (χ0) is 29.8. The molecule has 0 aromatic rings. The van der Waals surface area contributed by atoms with E-state index in [1.54, 1.807) is 0 Å². The Morgan fingerprint density at radius 1 is 0.389 bits per heavy atom. The van der Waals surface area contributed by atoms with Crippen molar-refractivity contribution >= 4 is 8.80 Å². The van der Waals surface area contributed by atoms with Gasteiger partial charge in [0.05, 0.1) is 0 Å². The largest absolute Gasteiger partial charge is 0.601 e. The molecular weight excluding hydrogens is 618 g/mol. The van der Waals surface area contributed by atoms with Crippen LogP contribution in [0.1, 0.15) is 0 Å². The van der Waals surface area contributed by atoms with Gasteiger partial charge < -0.3 is 0 Å². The molecule has 0 saturated heterocycles. The highest BCUT2D eigenvalue weighted by Crippen LogP contribution is 2.58. The maximum atomic E-state index is 14.0. The van der Waals surface area contributed by atoms with Gasteiger partial charge in [-0.05, 0) is 0 Å². The molecule has 27 heteroatoms. The van der Waals surface area contributed by atoms with Crippen LogP contribution in [0.15, 0.2) is 0 Å². The second kappa shape index (κ2) is 9.07. The van der Waals surface area contributed by atoms with Crippen molar-refractivity contribution in [1.29, 1.82) is 0 Å². The monoisotopic (exact) mass is 618 g/mol. The SMILES string of the molecule is FC(F)(F)O[Si](OC(F)(F)F)(OC(F)(F)F)C(F)(F)C(F)(F)C(F)(F)OC(F)(C(F)(F)F)C(F)(F)F. The normalized spacial score (nSPS) is 16.5. The highest BCUT2D eigenvalue weighted by Gasteiger charge is 2.91. The Hall–Kier alpha value is -1.48. The molecule has 0 spiro atoms. The van der Waals surface area contributed by atoms with E-state index in [9.17, 15) is 96.6 Å². The number of rotatable bonds is 8.